The van der Waals surface area contributed by atoms with Crippen molar-refractivity contribution in [1.82, 2.24) is 10.3 Å². The van der Waals surface area contributed by atoms with Gasteiger partial charge >= 0.3 is 6.09 Å². The number of carbonyl (C=O) groups is 2. The van der Waals surface area contributed by atoms with Crippen LogP contribution in [0.2, 0.25) is 0 Å². The van der Waals surface area contributed by atoms with Gasteiger partial charge in [-0.3, -0.25) is 9.69 Å². The van der Waals surface area contributed by atoms with Gasteiger partial charge in [-0.1, -0.05) is 0 Å². The maximum absolute atomic E-state index is 12.5. The van der Waals surface area contributed by atoms with E-state index in [1.54, 1.807) is 38.8 Å². The van der Waals surface area contributed by atoms with Crippen LogP contribution in [0.15, 0.2) is 11.6 Å². The Labute approximate surface area is 129 Å². The van der Waals surface area contributed by atoms with E-state index >= 15 is 0 Å². The molecule has 0 aliphatic heterocycles. The third-order valence-corrected chi connectivity index (χ3v) is 3.25. The Morgan fingerprint density at radius 1 is 1.33 bits per heavy atom. The molecule has 2 amide bonds. The highest BCUT2D eigenvalue weighted by atomic mass is 32.1. The summed E-state index contributed by atoms with van der Waals surface area (Å²) in [5.74, 6) is -0.217. The number of alkyl carbamates (subject to hydrolysis) is 1. The van der Waals surface area contributed by atoms with Gasteiger partial charge in [0.1, 0.15) is 11.6 Å². The summed E-state index contributed by atoms with van der Waals surface area (Å²) in [6.45, 7) is 10.8. The SMILES string of the molecule is CC(NC(=O)OC(C)(C)C)C(=O)N(c1nccs1)C(C)C. The molecular formula is C14H23N3O3S. The Bertz CT molecular complexity index is 480. The molecule has 1 N–H and O–H groups in total. The number of aromatic nitrogens is 1. The molecule has 0 bridgehead atoms. The Balaban J connectivity index is 2.74. The molecule has 1 aromatic heterocycles. The van der Waals surface area contributed by atoms with E-state index in [0.717, 1.165) is 0 Å². The Hall–Kier alpha value is -1.63. The quantitative estimate of drug-likeness (QED) is 0.928. The Morgan fingerprint density at radius 3 is 2.38 bits per heavy atom. The van der Waals surface area contributed by atoms with Crippen LogP contribution in [-0.4, -0.2) is 34.7 Å². The van der Waals surface area contributed by atoms with Gasteiger partial charge in [0, 0.05) is 17.6 Å². The fourth-order valence-corrected chi connectivity index (χ4v) is 2.44. The van der Waals surface area contributed by atoms with Crippen molar-refractivity contribution in [1.29, 1.82) is 0 Å². The molecule has 0 radical (unpaired) electrons. The largest absolute Gasteiger partial charge is 0.444 e. The molecule has 6 nitrogen and oxygen atoms in total. The number of hydrogen-bond donors (Lipinski definition) is 1. The Morgan fingerprint density at radius 2 is 1.95 bits per heavy atom. The minimum Gasteiger partial charge on any atom is -0.444 e. The highest BCUT2D eigenvalue weighted by Crippen LogP contribution is 2.21. The number of hydrogen-bond acceptors (Lipinski definition) is 5. The maximum atomic E-state index is 12.5. The molecule has 0 saturated heterocycles. The number of carbonyl (C=O) groups excluding carboxylic acids is 2. The van der Waals surface area contributed by atoms with Gasteiger partial charge in [0.05, 0.1) is 0 Å². The summed E-state index contributed by atoms with van der Waals surface area (Å²) in [6.07, 6.45) is 1.04. The zero-order valence-corrected chi connectivity index (χ0v) is 14.2. The topological polar surface area (TPSA) is 71.5 Å². The maximum Gasteiger partial charge on any atom is 0.408 e. The summed E-state index contributed by atoms with van der Waals surface area (Å²) >= 11 is 1.38. The van der Waals surface area contributed by atoms with Crippen LogP contribution in [0.1, 0.15) is 41.5 Å². The van der Waals surface area contributed by atoms with Gasteiger partial charge < -0.3 is 10.1 Å². The Kier molecular flexibility index (Phi) is 5.71. The third-order valence-electron chi connectivity index (χ3n) is 2.48. The van der Waals surface area contributed by atoms with Crippen molar-refractivity contribution in [2.75, 3.05) is 4.90 Å². The van der Waals surface area contributed by atoms with Crippen LogP contribution in [0.25, 0.3) is 0 Å². The van der Waals surface area contributed by atoms with Crippen LogP contribution < -0.4 is 10.2 Å². The fourth-order valence-electron chi connectivity index (χ4n) is 1.66. The van der Waals surface area contributed by atoms with Crippen molar-refractivity contribution < 1.29 is 14.3 Å². The molecule has 0 aliphatic rings. The highest BCUT2D eigenvalue weighted by molar-refractivity contribution is 7.13. The van der Waals surface area contributed by atoms with Crippen molar-refractivity contribution >= 4 is 28.5 Å². The van der Waals surface area contributed by atoms with Gasteiger partial charge in [0.15, 0.2) is 5.13 Å². The third kappa shape index (κ3) is 5.34. The second-order valence-electron chi connectivity index (χ2n) is 5.98. The predicted octanol–water partition coefficient (Wildman–Crippen LogP) is 2.80. The van der Waals surface area contributed by atoms with Crippen LogP contribution in [0, 0.1) is 0 Å². The molecule has 1 unspecified atom stereocenters. The lowest BCUT2D eigenvalue weighted by molar-refractivity contribution is -0.120. The number of nitrogens with zero attached hydrogens (tertiary/aromatic N) is 2. The molecule has 21 heavy (non-hydrogen) atoms. The monoisotopic (exact) mass is 313 g/mol. The number of amides is 2. The van der Waals surface area contributed by atoms with Gasteiger partial charge in [-0.15, -0.1) is 11.3 Å². The molecule has 0 saturated carbocycles. The lowest BCUT2D eigenvalue weighted by atomic mass is 10.2. The molecule has 7 heteroatoms. The van der Waals surface area contributed by atoms with E-state index in [1.165, 1.54) is 11.3 Å². The summed E-state index contributed by atoms with van der Waals surface area (Å²) in [4.78, 5) is 30.0. The highest BCUT2D eigenvalue weighted by Gasteiger charge is 2.28. The summed E-state index contributed by atoms with van der Waals surface area (Å²) in [5, 5.41) is 4.99. The van der Waals surface area contributed by atoms with Gasteiger partial charge in [-0.25, -0.2) is 9.78 Å². The van der Waals surface area contributed by atoms with Crippen LogP contribution >= 0.6 is 11.3 Å². The van der Waals surface area contributed by atoms with E-state index < -0.39 is 17.7 Å². The van der Waals surface area contributed by atoms with Gasteiger partial charge in [-0.2, -0.15) is 0 Å². The van der Waals surface area contributed by atoms with E-state index in [0.29, 0.717) is 5.13 Å². The summed E-state index contributed by atoms with van der Waals surface area (Å²) in [5.41, 5.74) is -0.597. The zero-order chi connectivity index (χ0) is 16.2. The molecule has 118 valence electrons. The van der Waals surface area contributed by atoms with E-state index in [2.05, 4.69) is 10.3 Å². The molecule has 0 spiro atoms. The lowest BCUT2D eigenvalue weighted by Gasteiger charge is -2.28. The van der Waals surface area contributed by atoms with Crippen LogP contribution in [0.5, 0.6) is 0 Å². The normalized spacial score (nSPS) is 12.9. The molecule has 1 atom stereocenters. The van der Waals surface area contributed by atoms with Crippen LogP contribution in [0.3, 0.4) is 0 Å². The lowest BCUT2D eigenvalue weighted by Crippen LogP contribution is -2.50. The van der Waals surface area contributed by atoms with Crippen molar-refractivity contribution in [3.8, 4) is 0 Å². The van der Waals surface area contributed by atoms with Crippen molar-refractivity contribution in [2.24, 2.45) is 0 Å². The van der Waals surface area contributed by atoms with Crippen LogP contribution in [0.4, 0.5) is 9.93 Å². The first-order chi connectivity index (χ1) is 9.61. The number of nitrogens with one attached hydrogen (secondary N) is 1. The first kappa shape index (κ1) is 17.4. The molecule has 0 fully saturated rings. The number of thiazole rings is 1. The van der Waals surface area contributed by atoms with E-state index in [-0.39, 0.29) is 11.9 Å². The van der Waals surface area contributed by atoms with E-state index in [4.69, 9.17) is 4.74 Å². The second-order valence-corrected chi connectivity index (χ2v) is 6.86. The number of rotatable bonds is 4. The minimum absolute atomic E-state index is 0.0495. The first-order valence-corrected chi connectivity index (χ1v) is 7.72. The van der Waals surface area contributed by atoms with Gasteiger partial charge in [0.2, 0.25) is 0 Å². The van der Waals surface area contributed by atoms with Crippen molar-refractivity contribution in [3.63, 3.8) is 0 Å². The average molecular weight is 313 g/mol. The van der Waals surface area contributed by atoms with Gasteiger partial charge in [-0.05, 0) is 41.5 Å². The van der Waals surface area contributed by atoms with Crippen molar-refractivity contribution in [2.45, 2.75) is 59.2 Å². The standard InChI is InChI=1S/C14H23N3O3S/c1-9(2)17(12-15-7-8-21-12)11(18)10(3)16-13(19)20-14(4,5)6/h7-10H,1-6H3,(H,16,19). The summed E-state index contributed by atoms with van der Waals surface area (Å²) < 4.78 is 5.16. The number of anilines is 1. The molecule has 1 aromatic rings. The second kappa shape index (κ2) is 6.89. The molecular weight excluding hydrogens is 290 g/mol. The predicted molar refractivity (Wildman–Crippen MR) is 83.6 cm³/mol. The number of ether oxygens (including phenoxy) is 1. The minimum atomic E-state index is -0.689. The van der Waals surface area contributed by atoms with Crippen molar-refractivity contribution in [3.05, 3.63) is 11.6 Å². The average Bonchev–Trinajstić information content (AvgIpc) is 2.79. The summed E-state index contributed by atoms with van der Waals surface area (Å²) in [6, 6.07) is -0.738. The fraction of sp³-hybridized carbons (Fsp3) is 0.643. The van der Waals surface area contributed by atoms with Crippen LogP contribution in [-0.2, 0) is 9.53 Å². The molecule has 1 heterocycles. The summed E-state index contributed by atoms with van der Waals surface area (Å²) in [7, 11) is 0. The first-order valence-electron chi connectivity index (χ1n) is 6.84. The van der Waals surface area contributed by atoms with E-state index in [9.17, 15) is 9.59 Å². The zero-order valence-electron chi connectivity index (χ0n) is 13.3. The molecule has 0 aromatic carbocycles. The molecule has 1 rings (SSSR count). The smallest absolute Gasteiger partial charge is 0.408 e. The van der Waals surface area contributed by atoms with Gasteiger partial charge in [0.25, 0.3) is 5.91 Å². The molecule has 0 aliphatic carbocycles. The van der Waals surface area contributed by atoms with E-state index in [1.807, 2.05) is 19.2 Å².